The number of amides is 2. The van der Waals surface area contributed by atoms with Crippen LogP contribution in [0.15, 0.2) is 54.6 Å². The van der Waals surface area contributed by atoms with E-state index < -0.39 is 0 Å². The highest BCUT2D eigenvalue weighted by atomic mass is 16.7. The molecule has 6 heteroatoms. The number of nitrogens with zero attached hydrogens (tertiary/aromatic N) is 1. The van der Waals surface area contributed by atoms with E-state index in [1.807, 2.05) is 29.2 Å². The average Bonchev–Trinajstić information content (AvgIpc) is 3.17. The van der Waals surface area contributed by atoms with Crippen LogP contribution in [-0.4, -0.2) is 36.7 Å². The summed E-state index contributed by atoms with van der Waals surface area (Å²) in [7, 11) is 1.60. The van der Waals surface area contributed by atoms with E-state index >= 15 is 0 Å². The molecule has 0 aromatic heterocycles. The standard InChI is InChI=1S/C25H31N3O3/c1-24(2,3)19-11-9-18(10-12-19)21-17-25(31-27-21)13-15-28(16-14-25)23(29)26-20-7-5-6-8-22(20)30-4/h5-12,17,27H,13-16H2,1-4H3,(H,26,29). The van der Waals surface area contributed by atoms with Crippen molar-refractivity contribution in [3.63, 3.8) is 0 Å². The summed E-state index contributed by atoms with van der Waals surface area (Å²) in [4.78, 5) is 20.6. The lowest BCUT2D eigenvalue weighted by Crippen LogP contribution is -2.48. The molecule has 2 aromatic carbocycles. The third-order valence-electron chi connectivity index (χ3n) is 6.08. The van der Waals surface area contributed by atoms with E-state index in [0.29, 0.717) is 24.5 Å². The molecule has 0 atom stereocenters. The first-order chi connectivity index (χ1) is 14.8. The number of nitrogens with one attached hydrogen (secondary N) is 2. The van der Waals surface area contributed by atoms with Crippen LogP contribution in [0.5, 0.6) is 5.75 Å². The number of hydroxylamine groups is 1. The van der Waals surface area contributed by atoms with Crippen LogP contribution in [0.3, 0.4) is 0 Å². The topological polar surface area (TPSA) is 62.8 Å². The molecule has 1 saturated heterocycles. The van der Waals surface area contributed by atoms with Gasteiger partial charge in [0.15, 0.2) is 0 Å². The Morgan fingerprint density at radius 3 is 2.42 bits per heavy atom. The molecule has 4 rings (SSSR count). The Morgan fingerprint density at radius 2 is 1.77 bits per heavy atom. The zero-order chi connectivity index (χ0) is 22.1. The summed E-state index contributed by atoms with van der Waals surface area (Å²) >= 11 is 0. The number of para-hydroxylation sites is 2. The maximum absolute atomic E-state index is 12.7. The van der Waals surface area contributed by atoms with E-state index in [1.165, 1.54) is 5.56 Å². The maximum atomic E-state index is 12.7. The lowest BCUT2D eigenvalue weighted by molar-refractivity contribution is -0.0634. The average molecular weight is 422 g/mol. The number of carbonyl (C=O) groups is 1. The summed E-state index contributed by atoms with van der Waals surface area (Å²) in [6.45, 7) is 7.88. The van der Waals surface area contributed by atoms with E-state index in [9.17, 15) is 4.79 Å². The summed E-state index contributed by atoms with van der Waals surface area (Å²) < 4.78 is 5.32. The molecule has 31 heavy (non-hydrogen) atoms. The Kier molecular flexibility index (Phi) is 5.67. The van der Waals surface area contributed by atoms with Crippen molar-refractivity contribution in [1.82, 2.24) is 10.4 Å². The summed E-state index contributed by atoms with van der Waals surface area (Å²) in [6, 6.07) is 15.9. The van der Waals surface area contributed by atoms with Gasteiger partial charge >= 0.3 is 6.03 Å². The molecule has 2 heterocycles. The maximum Gasteiger partial charge on any atom is 0.321 e. The highest BCUT2D eigenvalue weighted by molar-refractivity contribution is 5.91. The summed E-state index contributed by atoms with van der Waals surface area (Å²) in [5, 5.41) is 2.95. The van der Waals surface area contributed by atoms with Crippen LogP contribution in [-0.2, 0) is 10.3 Å². The van der Waals surface area contributed by atoms with Crippen molar-refractivity contribution < 1.29 is 14.4 Å². The minimum absolute atomic E-state index is 0.118. The van der Waals surface area contributed by atoms with Crippen LogP contribution >= 0.6 is 0 Å². The number of urea groups is 1. The second-order valence-electron chi connectivity index (χ2n) is 9.27. The number of ether oxygens (including phenoxy) is 1. The van der Waals surface area contributed by atoms with Crippen molar-refractivity contribution in [2.24, 2.45) is 0 Å². The van der Waals surface area contributed by atoms with Gasteiger partial charge in [0.25, 0.3) is 0 Å². The fraction of sp³-hybridized carbons (Fsp3) is 0.400. The van der Waals surface area contributed by atoms with Crippen LogP contribution in [0.4, 0.5) is 10.5 Å². The Hall–Kier alpha value is -2.99. The number of hydrogen-bond acceptors (Lipinski definition) is 4. The van der Waals surface area contributed by atoms with Crippen molar-refractivity contribution in [2.45, 2.75) is 44.6 Å². The molecule has 2 aliphatic heterocycles. The Bertz CT molecular complexity index is 968. The molecule has 0 saturated carbocycles. The van der Waals surface area contributed by atoms with Gasteiger partial charge in [-0.2, -0.15) is 0 Å². The minimum Gasteiger partial charge on any atom is -0.495 e. The third-order valence-corrected chi connectivity index (χ3v) is 6.08. The monoisotopic (exact) mass is 421 g/mol. The molecule has 164 valence electrons. The summed E-state index contributed by atoms with van der Waals surface area (Å²) in [5.41, 5.74) is 6.96. The first kappa shape index (κ1) is 21.2. The molecular formula is C25H31N3O3. The van der Waals surface area contributed by atoms with Crippen molar-refractivity contribution in [3.05, 3.63) is 65.7 Å². The Balaban J connectivity index is 1.39. The van der Waals surface area contributed by atoms with Gasteiger partial charge in [-0.3, -0.25) is 10.3 Å². The Labute approximate surface area is 184 Å². The summed E-state index contributed by atoms with van der Waals surface area (Å²) in [5.74, 6) is 0.651. The van der Waals surface area contributed by atoms with Crippen molar-refractivity contribution >= 4 is 17.4 Å². The SMILES string of the molecule is COc1ccccc1NC(=O)N1CCC2(C=C(c3ccc(C(C)(C)C)cc3)NO2)CC1. The number of methoxy groups -OCH3 is 1. The smallest absolute Gasteiger partial charge is 0.321 e. The number of anilines is 1. The molecule has 2 aromatic rings. The van der Waals surface area contributed by atoms with Gasteiger partial charge in [-0.25, -0.2) is 4.79 Å². The van der Waals surface area contributed by atoms with E-state index in [0.717, 1.165) is 24.1 Å². The number of hydrogen-bond donors (Lipinski definition) is 2. The number of piperidine rings is 1. The molecule has 1 spiro atoms. The van der Waals surface area contributed by atoms with Gasteiger partial charge in [0.05, 0.1) is 18.5 Å². The van der Waals surface area contributed by atoms with Crippen LogP contribution < -0.4 is 15.5 Å². The molecule has 0 aliphatic carbocycles. The zero-order valence-electron chi connectivity index (χ0n) is 18.7. The second kappa shape index (κ2) is 8.27. The molecule has 2 aliphatic rings. The molecule has 2 amide bonds. The number of carbonyl (C=O) groups excluding carboxylic acids is 1. The predicted octanol–water partition coefficient (Wildman–Crippen LogP) is 4.94. The van der Waals surface area contributed by atoms with Gasteiger partial charge in [0.1, 0.15) is 11.4 Å². The highest BCUT2D eigenvalue weighted by Crippen LogP contribution is 2.35. The Morgan fingerprint density at radius 1 is 1.10 bits per heavy atom. The molecular weight excluding hydrogens is 390 g/mol. The minimum atomic E-state index is -0.376. The molecule has 2 N–H and O–H groups in total. The first-order valence-corrected chi connectivity index (χ1v) is 10.8. The second-order valence-corrected chi connectivity index (χ2v) is 9.27. The van der Waals surface area contributed by atoms with E-state index in [1.54, 1.807) is 7.11 Å². The lowest BCUT2D eigenvalue weighted by atomic mass is 9.86. The summed E-state index contributed by atoms with van der Waals surface area (Å²) in [6.07, 6.45) is 3.65. The van der Waals surface area contributed by atoms with Crippen LogP contribution in [0.25, 0.3) is 5.70 Å². The van der Waals surface area contributed by atoms with Gasteiger partial charge in [-0.1, -0.05) is 57.2 Å². The quantitative estimate of drug-likeness (QED) is 0.737. The molecule has 0 unspecified atom stereocenters. The molecule has 6 nitrogen and oxygen atoms in total. The van der Waals surface area contributed by atoms with Gasteiger partial charge in [-0.05, 0) is 34.8 Å². The molecule has 0 bridgehead atoms. The van der Waals surface area contributed by atoms with Gasteiger partial charge in [0.2, 0.25) is 0 Å². The van der Waals surface area contributed by atoms with Crippen molar-refractivity contribution in [2.75, 3.05) is 25.5 Å². The van der Waals surface area contributed by atoms with Gasteiger partial charge in [0, 0.05) is 25.9 Å². The normalized spacial score (nSPS) is 17.8. The zero-order valence-corrected chi connectivity index (χ0v) is 18.7. The van der Waals surface area contributed by atoms with Crippen LogP contribution in [0.2, 0.25) is 0 Å². The van der Waals surface area contributed by atoms with E-state index in [-0.39, 0.29) is 17.0 Å². The fourth-order valence-corrected chi connectivity index (χ4v) is 4.05. The number of rotatable bonds is 3. The number of benzene rings is 2. The fourth-order valence-electron chi connectivity index (χ4n) is 4.05. The van der Waals surface area contributed by atoms with Gasteiger partial charge < -0.3 is 15.0 Å². The largest absolute Gasteiger partial charge is 0.495 e. The highest BCUT2D eigenvalue weighted by Gasteiger charge is 2.40. The van der Waals surface area contributed by atoms with Crippen molar-refractivity contribution in [1.29, 1.82) is 0 Å². The van der Waals surface area contributed by atoms with Crippen LogP contribution in [0, 0.1) is 0 Å². The van der Waals surface area contributed by atoms with Crippen molar-refractivity contribution in [3.8, 4) is 5.75 Å². The van der Waals surface area contributed by atoms with E-state index in [4.69, 9.17) is 9.57 Å². The molecule has 0 radical (unpaired) electrons. The van der Waals surface area contributed by atoms with Crippen LogP contribution in [0.1, 0.15) is 44.7 Å². The number of likely N-dealkylation sites (tertiary alicyclic amines) is 1. The predicted molar refractivity (Wildman–Crippen MR) is 123 cm³/mol. The first-order valence-electron chi connectivity index (χ1n) is 10.8. The van der Waals surface area contributed by atoms with Gasteiger partial charge in [-0.15, -0.1) is 0 Å². The van der Waals surface area contributed by atoms with E-state index in [2.05, 4.69) is 61.9 Å². The molecule has 1 fully saturated rings. The lowest BCUT2D eigenvalue weighted by Gasteiger charge is -2.36. The third kappa shape index (κ3) is 4.54.